The first-order valence-corrected chi connectivity index (χ1v) is 21.4. The van der Waals surface area contributed by atoms with Crippen molar-refractivity contribution in [2.75, 3.05) is 19.8 Å². The molecule has 0 amide bonds. The number of phenolic OH excluding ortho intramolecular Hbond substituents is 4. The van der Waals surface area contributed by atoms with E-state index in [-0.39, 0.29) is 28.0 Å². The molecule has 4 aromatic rings. The van der Waals surface area contributed by atoms with Crippen LogP contribution in [0.2, 0.25) is 0 Å². The molecule has 0 spiro atoms. The molecule has 0 radical (unpaired) electrons. The number of aliphatic hydroxyl groups excluding tert-OH is 9. The number of fused-ring (bicyclic) bond motifs is 1. The van der Waals surface area contributed by atoms with Gasteiger partial charge in [0.05, 0.1) is 18.2 Å². The second-order valence-corrected chi connectivity index (χ2v) is 16.4. The van der Waals surface area contributed by atoms with Gasteiger partial charge >= 0.3 is 29.3 Å². The molecule has 26 nitrogen and oxygen atoms in total. The summed E-state index contributed by atoms with van der Waals surface area (Å²) >= 11 is 0. The molecule has 0 unspecified atom stereocenters. The SMILES string of the molecule is O=C(O)CC(=O)OC[C@H]1O[C@@H](Oc2cc(O)cc3[o+]c(-c4ccc(O)c(O)c4)c(O[C@@H]4O[C@H](COC(=O)C=Cc5ccc(O)cc5)[C@@H](O)[C@H](O)[C@H]4O[C@@H]4O[C@H](CO)[C@@H](O)[C@H](O)[C@H]4O)cc23)[C@H](O)[C@@H](O)[C@@H]1O. The van der Waals surface area contributed by atoms with Gasteiger partial charge in [-0.15, -0.1) is 0 Å². The van der Waals surface area contributed by atoms with E-state index in [0.717, 1.165) is 36.4 Å². The van der Waals surface area contributed by atoms with Crippen LogP contribution in [0.5, 0.6) is 34.5 Å². The predicted molar refractivity (Wildman–Crippen MR) is 230 cm³/mol. The first kappa shape index (κ1) is 52.3. The van der Waals surface area contributed by atoms with E-state index in [0.29, 0.717) is 5.56 Å². The zero-order valence-electron chi connectivity index (χ0n) is 36.6. The van der Waals surface area contributed by atoms with Crippen LogP contribution in [-0.2, 0) is 42.8 Å². The summed E-state index contributed by atoms with van der Waals surface area (Å²) < 4.78 is 51.6. The van der Waals surface area contributed by atoms with Crippen LogP contribution in [0.4, 0.5) is 0 Å². The fourth-order valence-corrected chi connectivity index (χ4v) is 7.55. The van der Waals surface area contributed by atoms with Crippen LogP contribution >= 0.6 is 0 Å². The summed E-state index contributed by atoms with van der Waals surface area (Å²) in [6.07, 6.45) is -27.4. The number of carbonyl (C=O) groups is 3. The molecule has 0 saturated carbocycles. The molecule has 71 heavy (non-hydrogen) atoms. The van der Waals surface area contributed by atoms with Crippen molar-refractivity contribution in [3.05, 3.63) is 72.3 Å². The number of hydrogen-bond donors (Lipinski definition) is 14. The molecule has 3 aliphatic rings. The number of carboxylic acids is 1. The lowest BCUT2D eigenvalue weighted by molar-refractivity contribution is -0.357. The quantitative estimate of drug-likeness (QED) is 0.0184. The van der Waals surface area contributed by atoms with E-state index in [1.165, 1.54) is 36.4 Å². The van der Waals surface area contributed by atoms with Gasteiger partial charge < -0.3 is 109 Å². The van der Waals surface area contributed by atoms with Crippen LogP contribution in [0.3, 0.4) is 0 Å². The zero-order chi connectivity index (χ0) is 51.4. The van der Waals surface area contributed by atoms with E-state index >= 15 is 0 Å². The highest BCUT2D eigenvalue weighted by molar-refractivity contribution is 5.90. The molecule has 7 rings (SSSR count). The van der Waals surface area contributed by atoms with E-state index in [1.807, 2.05) is 0 Å². The summed E-state index contributed by atoms with van der Waals surface area (Å²) in [5.41, 5.74) is 0.188. The average molecular weight is 1010 g/mol. The molecule has 4 heterocycles. The largest absolute Gasteiger partial charge is 0.508 e. The van der Waals surface area contributed by atoms with Gasteiger partial charge in [0.1, 0.15) is 109 Å². The highest BCUT2D eigenvalue weighted by atomic mass is 16.8. The molecule has 14 N–H and O–H groups in total. The van der Waals surface area contributed by atoms with Crippen LogP contribution in [-0.4, -0.2) is 201 Å². The Bertz CT molecular complexity index is 2550. The van der Waals surface area contributed by atoms with E-state index in [2.05, 4.69) is 0 Å². The summed E-state index contributed by atoms with van der Waals surface area (Å²) in [5, 5.41) is 147. The van der Waals surface area contributed by atoms with Gasteiger partial charge in [0, 0.05) is 24.3 Å². The molecule has 384 valence electrons. The number of aromatic hydroxyl groups is 4. The Morgan fingerprint density at radius 2 is 1.21 bits per heavy atom. The van der Waals surface area contributed by atoms with Crippen molar-refractivity contribution in [3.63, 3.8) is 0 Å². The van der Waals surface area contributed by atoms with Crippen LogP contribution in [0, 0.1) is 0 Å². The van der Waals surface area contributed by atoms with Crippen LogP contribution < -0.4 is 9.47 Å². The van der Waals surface area contributed by atoms with Gasteiger partial charge in [-0.3, -0.25) is 9.59 Å². The molecule has 26 heteroatoms. The number of aliphatic carboxylic acids is 1. The lowest BCUT2D eigenvalue weighted by Crippen LogP contribution is -2.65. The van der Waals surface area contributed by atoms with Crippen molar-refractivity contribution in [1.82, 2.24) is 0 Å². The number of rotatable bonds is 16. The molecule has 15 atom stereocenters. The second-order valence-electron chi connectivity index (χ2n) is 16.4. The van der Waals surface area contributed by atoms with E-state index in [4.69, 9.17) is 47.4 Å². The smallest absolute Gasteiger partial charge is 0.402 e. The van der Waals surface area contributed by atoms with Crippen molar-refractivity contribution in [2.45, 2.75) is 98.5 Å². The monoisotopic (exact) mass is 1010 g/mol. The van der Waals surface area contributed by atoms with Gasteiger partial charge in [0.15, 0.2) is 23.9 Å². The maximum absolute atomic E-state index is 12.8. The number of carbonyl (C=O) groups excluding carboxylic acids is 2. The predicted octanol–water partition coefficient (Wildman–Crippen LogP) is -2.33. The van der Waals surface area contributed by atoms with Gasteiger partial charge in [-0.1, -0.05) is 12.1 Å². The molecular weight excluding hydrogens is 956 g/mol. The van der Waals surface area contributed by atoms with Gasteiger partial charge in [0.25, 0.3) is 0 Å². The average Bonchev–Trinajstić information content (AvgIpc) is 3.33. The standard InChI is InChI=1S/C45H48O26/c46-14-27-33(55)36(58)40(62)44(68-27)71-42-38(60)35(57)29(15-63-31(53)8-3-17-1-5-19(47)6-2-17)70-45(42)67-26-12-21-24(65-41(26)18-4-7-22(49)23(50)9-18)10-20(48)11-25(21)66-43-39(61)37(59)34(56)28(69-43)16-64-32(54)13-30(51)52/h1-12,27-29,33-40,42-46,55-62H,13-16H2,(H4-,47,48,49,50,51,52,53)/p+1/t27-,28-,29-,33-,34-,35-,36+,37+,38+,39-,40-,42-,43-,44+,45-/m1/s1. The topological polar surface area (TPSA) is 420 Å². The Labute approximate surface area is 399 Å². The second kappa shape index (κ2) is 22.3. The number of esters is 2. The fourth-order valence-electron chi connectivity index (χ4n) is 7.55. The Morgan fingerprint density at radius 3 is 1.87 bits per heavy atom. The summed E-state index contributed by atoms with van der Waals surface area (Å²) in [6, 6.07) is 12.3. The summed E-state index contributed by atoms with van der Waals surface area (Å²) in [5.74, 6) is -6.75. The van der Waals surface area contributed by atoms with E-state index < -0.39 is 165 Å². The van der Waals surface area contributed by atoms with Gasteiger partial charge in [-0.2, -0.15) is 0 Å². The minimum atomic E-state index is -2.12. The Hall–Kier alpha value is -6.50. The van der Waals surface area contributed by atoms with Crippen molar-refractivity contribution in [2.24, 2.45) is 0 Å². The van der Waals surface area contributed by atoms with Crippen LogP contribution in [0.1, 0.15) is 12.0 Å². The minimum Gasteiger partial charge on any atom is -0.508 e. The van der Waals surface area contributed by atoms with Crippen molar-refractivity contribution in [3.8, 4) is 45.8 Å². The van der Waals surface area contributed by atoms with E-state index in [9.17, 15) is 80.8 Å². The van der Waals surface area contributed by atoms with Crippen molar-refractivity contribution >= 4 is 35.0 Å². The Kier molecular flexibility index (Phi) is 16.4. The molecule has 0 aliphatic carbocycles. The van der Waals surface area contributed by atoms with Crippen LogP contribution in [0.15, 0.2) is 71.2 Å². The number of phenols is 4. The molecule has 0 bridgehead atoms. The third-order valence-electron chi connectivity index (χ3n) is 11.4. The number of aliphatic hydroxyl groups is 9. The maximum Gasteiger partial charge on any atom is 0.402 e. The van der Waals surface area contributed by atoms with Gasteiger partial charge in [-0.05, 0) is 35.9 Å². The molecular formula is C45H49O26+. The summed E-state index contributed by atoms with van der Waals surface area (Å²) in [7, 11) is 0. The molecule has 1 aromatic heterocycles. The highest BCUT2D eigenvalue weighted by Gasteiger charge is 2.53. The number of hydrogen-bond acceptors (Lipinski definition) is 24. The highest BCUT2D eigenvalue weighted by Crippen LogP contribution is 2.44. The number of ether oxygens (including phenoxy) is 8. The van der Waals surface area contributed by atoms with Crippen molar-refractivity contribution in [1.29, 1.82) is 0 Å². The Balaban J connectivity index is 1.26. The van der Waals surface area contributed by atoms with Crippen molar-refractivity contribution < 1.29 is 128 Å². The van der Waals surface area contributed by atoms with E-state index in [1.54, 1.807) is 0 Å². The van der Waals surface area contributed by atoms with Gasteiger partial charge in [-0.25, -0.2) is 9.21 Å². The minimum absolute atomic E-state index is 0.0268. The summed E-state index contributed by atoms with van der Waals surface area (Å²) in [4.78, 5) is 35.7. The third-order valence-corrected chi connectivity index (χ3v) is 11.4. The molecule has 3 saturated heterocycles. The summed E-state index contributed by atoms with van der Waals surface area (Å²) in [6.45, 7) is -2.49. The lowest BCUT2D eigenvalue weighted by Gasteiger charge is -2.45. The maximum atomic E-state index is 12.8. The molecule has 3 aliphatic heterocycles. The lowest BCUT2D eigenvalue weighted by atomic mass is 9.97. The first-order chi connectivity index (χ1) is 33.7. The molecule has 3 aromatic carbocycles. The first-order valence-electron chi connectivity index (χ1n) is 21.4. The Morgan fingerprint density at radius 1 is 0.606 bits per heavy atom. The number of benzene rings is 3. The third kappa shape index (κ3) is 12.0. The normalized spacial score (nSPS) is 31.0. The fraction of sp³-hybridized carbons (Fsp3) is 0.422. The van der Waals surface area contributed by atoms with Gasteiger partial charge in [0.2, 0.25) is 18.3 Å². The number of carboxylic acid groups (broad SMARTS) is 1. The zero-order valence-corrected chi connectivity index (χ0v) is 36.6. The van der Waals surface area contributed by atoms with Crippen LogP contribution in [0.25, 0.3) is 28.4 Å². The molecule has 3 fully saturated rings.